The van der Waals surface area contributed by atoms with Crippen molar-refractivity contribution in [2.45, 2.75) is 123 Å². The Kier molecular flexibility index (Phi) is 11.0. The number of esters is 1. The van der Waals surface area contributed by atoms with E-state index in [1.54, 1.807) is 20.8 Å². The molecule has 1 saturated heterocycles. The number of hydrogen-bond donors (Lipinski definition) is 3. The van der Waals surface area contributed by atoms with Gasteiger partial charge in [-0.2, -0.15) is 0 Å². The van der Waals surface area contributed by atoms with Crippen molar-refractivity contribution in [3.8, 4) is 0 Å². The summed E-state index contributed by atoms with van der Waals surface area (Å²) in [6, 6.07) is 0.140. The molecule has 1 saturated carbocycles. The fourth-order valence-corrected chi connectivity index (χ4v) is 5.72. The molecule has 0 unspecified atom stereocenters. The average molecular weight is 541 g/mol. The second-order valence-corrected chi connectivity index (χ2v) is 11.7. The maximum atomic E-state index is 13.5. The molecular weight excluding hydrogens is 492 g/mol. The van der Waals surface area contributed by atoms with E-state index in [1.807, 2.05) is 6.92 Å². The zero-order valence-corrected chi connectivity index (χ0v) is 24.2. The maximum absolute atomic E-state index is 13.5. The number of nitrogens with zero attached hydrogens (tertiary/aromatic N) is 1. The predicted molar refractivity (Wildman–Crippen MR) is 142 cm³/mol. The number of methoxy groups -OCH3 is 1. The van der Waals surface area contributed by atoms with E-state index >= 15 is 0 Å². The predicted octanol–water partition coefficient (Wildman–Crippen LogP) is 2.55. The first-order valence-electron chi connectivity index (χ1n) is 13.8. The number of Topliss-reactive ketones (excluding diaryl/α,β-unsaturated/α-hetero) is 2. The molecule has 2 rings (SSSR count). The highest BCUT2D eigenvalue weighted by molar-refractivity contribution is 6.11. The lowest BCUT2D eigenvalue weighted by atomic mass is 9.74. The fraction of sp³-hybridized carbons (Fsp3) is 0.857. The van der Waals surface area contributed by atoms with Crippen LogP contribution in [-0.2, 0) is 28.7 Å². The third-order valence-corrected chi connectivity index (χ3v) is 8.62. The van der Waals surface area contributed by atoms with Crippen molar-refractivity contribution in [2.24, 2.45) is 34.6 Å². The zero-order valence-electron chi connectivity index (χ0n) is 24.2. The number of ether oxygens (including phenoxy) is 2. The Morgan fingerprint density at radius 3 is 2.16 bits per heavy atom. The van der Waals surface area contributed by atoms with E-state index in [4.69, 9.17) is 20.0 Å². The summed E-state index contributed by atoms with van der Waals surface area (Å²) in [6.45, 7) is 11.1. The van der Waals surface area contributed by atoms with E-state index in [9.17, 15) is 24.6 Å². The van der Waals surface area contributed by atoms with Crippen molar-refractivity contribution in [1.82, 2.24) is 0 Å². The summed E-state index contributed by atoms with van der Waals surface area (Å²) >= 11 is 0. The molecule has 2 aliphatic rings. The third-order valence-electron chi connectivity index (χ3n) is 8.62. The van der Waals surface area contributed by atoms with E-state index in [2.05, 4.69) is 5.16 Å². The molecule has 1 aliphatic heterocycles. The van der Waals surface area contributed by atoms with Crippen LogP contribution < -0.4 is 5.73 Å². The van der Waals surface area contributed by atoms with Crippen LogP contribution in [0.3, 0.4) is 0 Å². The SMILES string of the molecule is CC[C@H]1OC(=O)[C@H](C)C(=O)[C@H](C)C(=O)[C@](C)(OC)C[C@@H](C)/C(=N\OC2CCC(N)CC2)[C@H](C)[C@@H](O)[C@]1(C)O. The minimum absolute atomic E-state index is 0.133. The molecular formula is C28H48N2O8. The van der Waals surface area contributed by atoms with Gasteiger partial charge in [0.05, 0.1) is 17.7 Å². The maximum Gasteiger partial charge on any atom is 0.316 e. The number of aliphatic hydroxyl groups is 2. The highest BCUT2D eigenvalue weighted by atomic mass is 16.6. The van der Waals surface area contributed by atoms with Crippen LogP contribution in [0.2, 0.25) is 0 Å². The lowest BCUT2D eigenvalue weighted by Crippen LogP contribution is -2.56. The molecule has 4 N–H and O–H groups in total. The molecule has 1 heterocycles. The Morgan fingerprint density at radius 1 is 1.05 bits per heavy atom. The molecule has 10 nitrogen and oxygen atoms in total. The number of oxime groups is 1. The Morgan fingerprint density at radius 2 is 1.63 bits per heavy atom. The summed E-state index contributed by atoms with van der Waals surface area (Å²) in [5.74, 6) is -5.42. The number of rotatable bonds is 4. The standard InChI is InChI=1S/C28H48N2O8/c1-9-21-28(7,35)25(33)16(3)22(30-38-20-12-10-19(29)11-13-20)15(2)14-27(6,36-8)24(32)17(4)23(31)18(5)26(34)37-21/h15-21,25,33,35H,9-14,29H2,1-8H3/b30-22+/t15-,16+,17+,18-,19?,20?,21-,25-,27-,28-/m1/s1. The Balaban J connectivity index is 2.56. The highest BCUT2D eigenvalue weighted by Gasteiger charge is 2.49. The van der Waals surface area contributed by atoms with Gasteiger partial charge in [0.25, 0.3) is 0 Å². The first kappa shape index (κ1) is 32.3. The molecule has 0 aromatic rings. The number of hydrogen-bond acceptors (Lipinski definition) is 10. The van der Waals surface area contributed by atoms with Crippen LogP contribution in [0, 0.1) is 23.7 Å². The summed E-state index contributed by atoms with van der Waals surface area (Å²) in [6.07, 6.45) is 0.853. The molecule has 8 atom stereocenters. The highest BCUT2D eigenvalue weighted by Crippen LogP contribution is 2.34. The van der Waals surface area contributed by atoms with Crippen LogP contribution in [0.1, 0.15) is 87.0 Å². The quantitative estimate of drug-likeness (QED) is 0.277. The van der Waals surface area contributed by atoms with E-state index in [-0.39, 0.29) is 25.0 Å². The van der Waals surface area contributed by atoms with E-state index in [0.717, 1.165) is 25.7 Å². The minimum Gasteiger partial charge on any atom is -0.459 e. The van der Waals surface area contributed by atoms with Gasteiger partial charge in [-0.05, 0) is 66.2 Å². The minimum atomic E-state index is -1.86. The van der Waals surface area contributed by atoms with Gasteiger partial charge in [0.15, 0.2) is 11.6 Å². The van der Waals surface area contributed by atoms with Crippen molar-refractivity contribution in [3.63, 3.8) is 0 Å². The summed E-state index contributed by atoms with van der Waals surface area (Å²) in [7, 11) is 1.40. The van der Waals surface area contributed by atoms with Crippen LogP contribution in [0.5, 0.6) is 0 Å². The van der Waals surface area contributed by atoms with Gasteiger partial charge in [-0.3, -0.25) is 14.4 Å². The Labute approximate surface area is 226 Å². The monoisotopic (exact) mass is 540 g/mol. The van der Waals surface area contributed by atoms with Crippen LogP contribution in [-0.4, -0.2) is 76.1 Å². The van der Waals surface area contributed by atoms with Crippen molar-refractivity contribution >= 4 is 23.2 Å². The second kappa shape index (κ2) is 13.0. The number of carbonyl (C=O) groups excluding carboxylic acids is 3. The van der Waals surface area contributed by atoms with Crippen LogP contribution >= 0.6 is 0 Å². The lowest BCUT2D eigenvalue weighted by molar-refractivity contribution is -0.186. The Hall–Kier alpha value is -1.88. The van der Waals surface area contributed by atoms with Gasteiger partial charge in [-0.25, -0.2) is 0 Å². The van der Waals surface area contributed by atoms with Crippen molar-refractivity contribution < 1.29 is 38.9 Å². The number of ketones is 2. The zero-order chi connectivity index (χ0) is 29.0. The van der Waals surface area contributed by atoms with Crippen molar-refractivity contribution in [3.05, 3.63) is 0 Å². The first-order chi connectivity index (χ1) is 17.6. The van der Waals surface area contributed by atoms with Crippen LogP contribution in [0.25, 0.3) is 0 Å². The number of nitrogens with two attached hydrogens (primary N) is 1. The summed E-state index contributed by atoms with van der Waals surface area (Å²) in [5, 5.41) is 27.3. The van der Waals surface area contributed by atoms with Gasteiger partial charge in [0.1, 0.15) is 29.3 Å². The van der Waals surface area contributed by atoms with Crippen LogP contribution in [0.4, 0.5) is 0 Å². The van der Waals surface area contributed by atoms with Gasteiger partial charge in [-0.1, -0.05) is 25.9 Å². The van der Waals surface area contributed by atoms with Crippen molar-refractivity contribution in [1.29, 1.82) is 0 Å². The first-order valence-corrected chi connectivity index (χ1v) is 13.8. The van der Waals surface area contributed by atoms with Gasteiger partial charge >= 0.3 is 5.97 Å². The third kappa shape index (κ3) is 7.00. The van der Waals surface area contributed by atoms with Gasteiger partial charge in [0, 0.05) is 25.0 Å². The van der Waals surface area contributed by atoms with Gasteiger partial charge in [0.2, 0.25) is 0 Å². The van der Waals surface area contributed by atoms with Gasteiger partial charge < -0.3 is 30.3 Å². The summed E-state index contributed by atoms with van der Waals surface area (Å²) in [4.78, 5) is 45.5. The molecule has 0 aromatic carbocycles. The normalized spacial score (nSPS) is 43.4. The largest absolute Gasteiger partial charge is 0.459 e. The Bertz CT molecular complexity index is 882. The molecule has 0 aromatic heterocycles. The smallest absolute Gasteiger partial charge is 0.316 e. The number of aliphatic hydroxyl groups excluding tert-OH is 1. The molecule has 0 radical (unpaired) electrons. The number of cyclic esters (lactones) is 1. The molecule has 1 aliphatic carbocycles. The van der Waals surface area contributed by atoms with Gasteiger partial charge in [-0.15, -0.1) is 0 Å². The molecule has 10 heteroatoms. The van der Waals surface area contributed by atoms with E-state index < -0.39 is 64.6 Å². The molecule has 0 amide bonds. The van der Waals surface area contributed by atoms with Crippen molar-refractivity contribution in [2.75, 3.05) is 7.11 Å². The average Bonchev–Trinajstić information content (AvgIpc) is 2.89. The van der Waals surface area contributed by atoms with E-state index in [1.165, 1.54) is 27.9 Å². The molecule has 218 valence electrons. The summed E-state index contributed by atoms with van der Waals surface area (Å²) < 4.78 is 11.2. The van der Waals surface area contributed by atoms with E-state index in [0.29, 0.717) is 5.71 Å². The topological polar surface area (TPSA) is 158 Å². The molecule has 0 spiro atoms. The molecule has 38 heavy (non-hydrogen) atoms. The summed E-state index contributed by atoms with van der Waals surface area (Å²) in [5.41, 5.74) is 3.22. The molecule has 0 bridgehead atoms. The number of carbonyl (C=O) groups is 3. The lowest BCUT2D eigenvalue weighted by Gasteiger charge is -2.41. The second-order valence-electron chi connectivity index (χ2n) is 11.7. The molecule has 2 fully saturated rings. The fourth-order valence-electron chi connectivity index (χ4n) is 5.72. The van der Waals surface area contributed by atoms with Crippen LogP contribution in [0.15, 0.2) is 5.16 Å².